The van der Waals surface area contributed by atoms with Crippen molar-refractivity contribution in [3.63, 3.8) is 0 Å². The van der Waals surface area contributed by atoms with E-state index < -0.39 is 11.8 Å². The van der Waals surface area contributed by atoms with E-state index in [4.69, 9.17) is 0 Å². The minimum absolute atomic E-state index is 0.118. The number of rotatable bonds is 7. The smallest absolute Gasteiger partial charge is 0.175 e. The van der Waals surface area contributed by atoms with Crippen molar-refractivity contribution in [1.29, 1.82) is 0 Å². The molecule has 0 spiro atoms. The molecule has 0 unspecified atom stereocenters. The summed E-state index contributed by atoms with van der Waals surface area (Å²) in [6.45, 7) is 2.04. The first-order valence-electron chi connectivity index (χ1n) is 8.87. The number of fused-ring (bicyclic) bond motifs is 1. The number of Topliss-reactive ketones (excluding diaryl/α,β-unsaturated/α-hetero) is 3. The molecule has 25 heavy (non-hydrogen) atoms. The lowest BCUT2D eigenvalue weighted by Gasteiger charge is -2.21. The number of carbonyl (C=O) groups is 3. The van der Waals surface area contributed by atoms with E-state index >= 15 is 0 Å². The topological polar surface area (TPSA) is 51.2 Å². The Morgan fingerprint density at radius 3 is 2.04 bits per heavy atom. The van der Waals surface area contributed by atoms with E-state index in [1.165, 1.54) is 0 Å². The van der Waals surface area contributed by atoms with E-state index in [0.29, 0.717) is 17.5 Å². The standard InChI is InChI=1S/C22H22O3/c1-2-3-11-16(23)14-19(15-9-5-4-6-10-15)20-21(24)17-12-7-8-13-18(17)22(20)25/h4-10,12-13,19-20H,2-3,11,14H2,1H3/t19-/m1/s1. The third-order valence-electron chi connectivity index (χ3n) is 4.91. The van der Waals surface area contributed by atoms with Gasteiger partial charge in [-0.15, -0.1) is 0 Å². The van der Waals surface area contributed by atoms with Crippen molar-refractivity contribution in [1.82, 2.24) is 0 Å². The average Bonchev–Trinajstić information content (AvgIpc) is 2.90. The predicted molar refractivity (Wildman–Crippen MR) is 96.9 cm³/mol. The average molecular weight is 334 g/mol. The van der Waals surface area contributed by atoms with Crippen molar-refractivity contribution in [3.8, 4) is 0 Å². The third kappa shape index (κ3) is 3.46. The lowest BCUT2D eigenvalue weighted by molar-refractivity contribution is -0.119. The Hall–Kier alpha value is -2.55. The molecule has 3 rings (SSSR count). The maximum absolute atomic E-state index is 12.9. The van der Waals surface area contributed by atoms with Crippen molar-refractivity contribution >= 4 is 17.3 Å². The number of hydrogen-bond acceptors (Lipinski definition) is 3. The number of hydrogen-bond donors (Lipinski definition) is 0. The maximum atomic E-state index is 12.9. The molecule has 1 aliphatic rings. The van der Waals surface area contributed by atoms with Gasteiger partial charge in [-0.1, -0.05) is 67.9 Å². The van der Waals surface area contributed by atoms with Crippen LogP contribution < -0.4 is 0 Å². The highest BCUT2D eigenvalue weighted by Gasteiger charge is 2.44. The zero-order chi connectivity index (χ0) is 17.8. The Morgan fingerprint density at radius 2 is 1.48 bits per heavy atom. The molecular formula is C22H22O3. The van der Waals surface area contributed by atoms with Crippen LogP contribution in [0.25, 0.3) is 0 Å². The van der Waals surface area contributed by atoms with Crippen LogP contribution in [-0.4, -0.2) is 17.3 Å². The van der Waals surface area contributed by atoms with E-state index in [9.17, 15) is 14.4 Å². The van der Waals surface area contributed by atoms with Crippen molar-refractivity contribution in [2.75, 3.05) is 0 Å². The minimum atomic E-state index is -0.787. The monoisotopic (exact) mass is 334 g/mol. The first-order valence-corrected chi connectivity index (χ1v) is 8.87. The molecule has 0 aromatic heterocycles. The van der Waals surface area contributed by atoms with Crippen molar-refractivity contribution < 1.29 is 14.4 Å². The maximum Gasteiger partial charge on any atom is 0.175 e. The summed E-state index contributed by atoms with van der Waals surface area (Å²) in [4.78, 5) is 38.2. The first-order chi connectivity index (χ1) is 12.1. The lowest BCUT2D eigenvalue weighted by atomic mass is 9.79. The second-order valence-corrected chi connectivity index (χ2v) is 6.62. The molecule has 0 saturated carbocycles. The number of benzene rings is 2. The quantitative estimate of drug-likeness (QED) is 0.695. The van der Waals surface area contributed by atoms with Crippen LogP contribution in [0.5, 0.6) is 0 Å². The highest BCUT2D eigenvalue weighted by atomic mass is 16.2. The summed E-state index contributed by atoms with van der Waals surface area (Å²) < 4.78 is 0. The Balaban J connectivity index is 1.94. The van der Waals surface area contributed by atoms with Gasteiger partial charge >= 0.3 is 0 Å². The van der Waals surface area contributed by atoms with Crippen LogP contribution >= 0.6 is 0 Å². The van der Waals surface area contributed by atoms with Crippen LogP contribution in [0.3, 0.4) is 0 Å². The second-order valence-electron chi connectivity index (χ2n) is 6.62. The molecule has 2 aromatic rings. The molecule has 0 amide bonds. The van der Waals surface area contributed by atoms with Gasteiger partial charge in [0.15, 0.2) is 11.6 Å². The minimum Gasteiger partial charge on any atom is -0.300 e. The molecular weight excluding hydrogens is 312 g/mol. The van der Waals surface area contributed by atoms with E-state index in [2.05, 4.69) is 0 Å². The largest absolute Gasteiger partial charge is 0.300 e. The predicted octanol–water partition coefficient (Wildman–Crippen LogP) is 4.62. The van der Waals surface area contributed by atoms with Crippen molar-refractivity contribution in [2.24, 2.45) is 5.92 Å². The highest BCUT2D eigenvalue weighted by Crippen LogP contribution is 2.39. The van der Waals surface area contributed by atoms with Gasteiger partial charge in [0, 0.05) is 29.9 Å². The van der Waals surface area contributed by atoms with Crippen LogP contribution in [0.1, 0.15) is 64.8 Å². The number of carbonyl (C=O) groups excluding carboxylic acids is 3. The van der Waals surface area contributed by atoms with Crippen LogP contribution in [0.2, 0.25) is 0 Å². The molecule has 2 aromatic carbocycles. The second kappa shape index (κ2) is 7.56. The normalized spacial score (nSPS) is 15.2. The number of ketones is 3. The van der Waals surface area contributed by atoms with Gasteiger partial charge in [0.2, 0.25) is 0 Å². The Morgan fingerprint density at radius 1 is 0.920 bits per heavy atom. The Kier molecular flexibility index (Phi) is 5.22. The van der Waals surface area contributed by atoms with Crippen LogP contribution in [-0.2, 0) is 4.79 Å². The molecule has 3 heteroatoms. The fourth-order valence-corrected chi connectivity index (χ4v) is 3.58. The molecule has 1 atom stereocenters. The Labute approximate surface area is 148 Å². The number of unbranched alkanes of at least 4 members (excludes halogenated alkanes) is 1. The van der Waals surface area contributed by atoms with Crippen molar-refractivity contribution in [3.05, 3.63) is 71.3 Å². The van der Waals surface area contributed by atoms with Gasteiger partial charge in [0.05, 0.1) is 5.92 Å². The fraction of sp³-hybridized carbons (Fsp3) is 0.318. The molecule has 0 radical (unpaired) electrons. The summed E-state index contributed by atoms with van der Waals surface area (Å²) in [5, 5.41) is 0. The summed E-state index contributed by atoms with van der Waals surface area (Å²) in [6.07, 6.45) is 2.53. The van der Waals surface area contributed by atoms with Crippen molar-refractivity contribution in [2.45, 2.75) is 38.5 Å². The SMILES string of the molecule is CCCCC(=O)C[C@H](c1ccccc1)C1C(=O)c2ccccc2C1=O. The molecule has 0 heterocycles. The fourth-order valence-electron chi connectivity index (χ4n) is 3.58. The van der Waals surface area contributed by atoms with Gasteiger partial charge in [0.25, 0.3) is 0 Å². The van der Waals surface area contributed by atoms with Gasteiger partial charge in [-0.3, -0.25) is 14.4 Å². The summed E-state index contributed by atoms with van der Waals surface area (Å²) in [5.41, 5.74) is 1.85. The zero-order valence-electron chi connectivity index (χ0n) is 14.4. The third-order valence-corrected chi connectivity index (χ3v) is 4.91. The molecule has 0 saturated heterocycles. The first kappa shape index (κ1) is 17.3. The lowest BCUT2D eigenvalue weighted by Crippen LogP contribution is -2.26. The van der Waals surface area contributed by atoms with Crippen LogP contribution in [0.4, 0.5) is 0 Å². The van der Waals surface area contributed by atoms with Gasteiger partial charge in [0.1, 0.15) is 5.78 Å². The molecule has 0 N–H and O–H groups in total. The Bertz CT molecular complexity index is 757. The molecule has 0 fully saturated rings. The van der Waals surface area contributed by atoms with E-state index in [-0.39, 0.29) is 23.8 Å². The van der Waals surface area contributed by atoms with Gasteiger partial charge in [-0.25, -0.2) is 0 Å². The van der Waals surface area contributed by atoms with E-state index in [1.807, 2.05) is 37.3 Å². The highest BCUT2D eigenvalue weighted by molar-refractivity contribution is 6.27. The molecule has 0 bridgehead atoms. The zero-order valence-corrected chi connectivity index (χ0v) is 14.4. The van der Waals surface area contributed by atoms with Crippen LogP contribution in [0.15, 0.2) is 54.6 Å². The van der Waals surface area contributed by atoms with Gasteiger partial charge in [-0.05, 0) is 12.0 Å². The summed E-state index contributed by atoms with van der Waals surface area (Å²) in [7, 11) is 0. The van der Waals surface area contributed by atoms with Gasteiger partial charge in [-0.2, -0.15) is 0 Å². The molecule has 3 nitrogen and oxygen atoms in total. The summed E-state index contributed by atoms with van der Waals surface area (Å²) in [6, 6.07) is 16.4. The summed E-state index contributed by atoms with van der Waals surface area (Å²) in [5.74, 6) is -1.37. The van der Waals surface area contributed by atoms with Crippen LogP contribution in [0, 0.1) is 5.92 Å². The van der Waals surface area contributed by atoms with Gasteiger partial charge < -0.3 is 0 Å². The molecule has 128 valence electrons. The van der Waals surface area contributed by atoms with E-state index in [0.717, 1.165) is 18.4 Å². The summed E-state index contributed by atoms with van der Waals surface area (Å²) >= 11 is 0. The molecule has 0 aliphatic heterocycles. The van der Waals surface area contributed by atoms with E-state index in [1.54, 1.807) is 24.3 Å². The molecule has 1 aliphatic carbocycles.